The van der Waals surface area contributed by atoms with Crippen molar-refractivity contribution in [2.75, 3.05) is 0 Å². The Bertz CT molecular complexity index is 316. The fourth-order valence-corrected chi connectivity index (χ4v) is 2.78. The number of allylic oxidation sites excluding steroid dienone is 5. The van der Waals surface area contributed by atoms with Gasteiger partial charge in [-0.15, -0.1) is 0 Å². The van der Waals surface area contributed by atoms with Crippen LogP contribution in [0.1, 0.15) is 20.3 Å². The molecule has 0 amide bonds. The minimum atomic E-state index is 0.723. The monoisotopic (exact) mass is 176 g/mol. The first-order valence-electron chi connectivity index (χ1n) is 4.50. The second-order valence-electron chi connectivity index (χ2n) is 3.35. The number of fused-ring (bicyclic) bond motifs is 1. The molecule has 12 heavy (non-hydrogen) atoms. The lowest BCUT2D eigenvalue weighted by molar-refractivity contribution is 0.669. The average Bonchev–Trinajstić information content (AvgIpc) is 2.62. The number of hydrogen-bond acceptors (Lipinski definition) is 0. The third-order valence-electron chi connectivity index (χ3n) is 2.59. The van der Waals surface area contributed by atoms with Gasteiger partial charge >= 0.3 is 0 Å². The summed E-state index contributed by atoms with van der Waals surface area (Å²) in [5.74, 6) is 3.08. The highest BCUT2D eigenvalue weighted by molar-refractivity contribution is 7.46. The minimum absolute atomic E-state index is 0.723. The maximum absolute atomic E-state index is 2.36. The highest BCUT2D eigenvalue weighted by Gasteiger charge is 2.19. The van der Waals surface area contributed by atoms with Crippen LogP contribution >= 0.6 is 8.20 Å². The zero-order valence-corrected chi connectivity index (χ0v) is 8.44. The van der Waals surface area contributed by atoms with Gasteiger partial charge in [-0.3, -0.25) is 0 Å². The largest absolute Gasteiger partial charge is 0.0675 e. The third kappa shape index (κ3) is 1.11. The standard InChI is InChI=1S/C11H13P/c1-3-8(2)10-7-12-11-6-4-5-9(10)11/h4-8H,3H2,1-2H3. The second-order valence-corrected chi connectivity index (χ2v) is 4.35. The molecule has 0 saturated heterocycles. The Balaban J connectivity index is 2.24. The van der Waals surface area contributed by atoms with E-state index in [1.54, 1.807) is 5.57 Å². The molecule has 0 N–H and O–H groups in total. The summed E-state index contributed by atoms with van der Waals surface area (Å²) < 4.78 is 0. The lowest BCUT2D eigenvalue weighted by Gasteiger charge is -2.11. The van der Waals surface area contributed by atoms with Crippen molar-refractivity contribution in [2.45, 2.75) is 20.3 Å². The molecule has 0 spiro atoms. The van der Waals surface area contributed by atoms with Crippen LogP contribution in [0.2, 0.25) is 0 Å². The van der Waals surface area contributed by atoms with E-state index in [4.69, 9.17) is 0 Å². The first kappa shape index (κ1) is 8.01. The van der Waals surface area contributed by atoms with Crippen LogP contribution in [0, 0.1) is 5.92 Å². The van der Waals surface area contributed by atoms with Gasteiger partial charge < -0.3 is 0 Å². The Morgan fingerprint density at radius 2 is 2.33 bits per heavy atom. The highest BCUT2D eigenvalue weighted by atomic mass is 31.1. The zero-order valence-electron chi connectivity index (χ0n) is 7.54. The van der Waals surface area contributed by atoms with Gasteiger partial charge in [0, 0.05) is 5.29 Å². The molecule has 1 heteroatoms. The van der Waals surface area contributed by atoms with Crippen LogP contribution in [0.4, 0.5) is 0 Å². The smallest absolute Gasteiger partial charge is 0.00933 e. The molecule has 2 aliphatic rings. The lowest BCUT2D eigenvalue weighted by atomic mass is 9.93. The lowest BCUT2D eigenvalue weighted by Crippen LogP contribution is -2.01. The topological polar surface area (TPSA) is 0 Å². The predicted octanol–water partition coefficient (Wildman–Crippen LogP) is 3.54. The summed E-state index contributed by atoms with van der Waals surface area (Å²) in [6.45, 7) is 4.56. The van der Waals surface area contributed by atoms with Crippen LogP contribution in [0.3, 0.4) is 0 Å². The Hall–Kier alpha value is -0.610. The molecule has 2 rings (SSSR count). The second kappa shape index (κ2) is 3.03. The van der Waals surface area contributed by atoms with Crippen LogP contribution in [0.15, 0.2) is 35.2 Å². The normalized spacial score (nSPS) is 23.0. The molecule has 1 aliphatic heterocycles. The Morgan fingerprint density at radius 1 is 1.50 bits per heavy atom. The van der Waals surface area contributed by atoms with Crippen LogP contribution in [0.25, 0.3) is 0 Å². The molecule has 1 aliphatic carbocycles. The first-order chi connectivity index (χ1) is 5.83. The molecule has 1 heterocycles. The van der Waals surface area contributed by atoms with Gasteiger partial charge in [-0.1, -0.05) is 34.2 Å². The van der Waals surface area contributed by atoms with Crippen molar-refractivity contribution in [3.05, 3.63) is 35.2 Å². The van der Waals surface area contributed by atoms with Crippen molar-refractivity contribution in [3.8, 4) is 0 Å². The Kier molecular flexibility index (Phi) is 2.02. The van der Waals surface area contributed by atoms with Gasteiger partial charge in [0.1, 0.15) is 0 Å². The summed E-state index contributed by atoms with van der Waals surface area (Å²) in [5.41, 5.74) is 3.05. The van der Waals surface area contributed by atoms with E-state index in [0.29, 0.717) is 0 Å². The SMILES string of the molecule is CCC(C)C1=CP=C2C=CC=C12. The molecule has 0 fully saturated rings. The maximum Gasteiger partial charge on any atom is 0.00933 e. The molecule has 1 atom stereocenters. The van der Waals surface area contributed by atoms with Crippen molar-refractivity contribution in [1.29, 1.82) is 0 Å². The summed E-state index contributed by atoms with van der Waals surface area (Å²) in [5, 5.41) is 1.49. The van der Waals surface area contributed by atoms with Crippen molar-refractivity contribution in [2.24, 2.45) is 5.92 Å². The van der Waals surface area contributed by atoms with Crippen molar-refractivity contribution >= 4 is 13.5 Å². The summed E-state index contributed by atoms with van der Waals surface area (Å²) in [6, 6.07) is 0. The molecule has 0 aromatic rings. The van der Waals surface area contributed by atoms with Crippen LogP contribution < -0.4 is 0 Å². The van der Waals surface area contributed by atoms with Crippen molar-refractivity contribution < 1.29 is 0 Å². The van der Waals surface area contributed by atoms with E-state index in [2.05, 4.69) is 37.9 Å². The molecule has 0 bridgehead atoms. The zero-order chi connectivity index (χ0) is 8.55. The first-order valence-corrected chi connectivity index (χ1v) is 5.46. The van der Waals surface area contributed by atoms with Gasteiger partial charge in [-0.25, -0.2) is 0 Å². The van der Waals surface area contributed by atoms with Crippen LogP contribution in [-0.4, -0.2) is 5.29 Å². The number of rotatable bonds is 2. The maximum atomic E-state index is 2.36. The van der Waals surface area contributed by atoms with Gasteiger partial charge in [-0.2, -0.15) is 0 Å². The van der Waals surface area contributed by atoms with E-state index in [-0.39, 0.29) is 0 Å². The van der Waals surface area contributed by atoms with Gasteiger partial charge in [0.2, 0.25) is 0 Å². The molecule has 0 radical (unpaired) electrons. The van der Waals surface area contributed by atoms with Gasteiger partial charge in [0.25, 0.3) is 0 Å². The van der Waals surface area contributed by atoms with Crippen molar-refractivity contribution in [3.63, 3.8) is 0 Å². The molecule has 0 aromatic carbocycles. The molecule has 62 valence electrons. The van der Waals surface area contributed by atoms with Crippen molar-refractivity contribution in [1.82, 2.24) is 0 Å². The van der Waals surface area contributed by atoms with E-state index in [0.717, 1.165) is 5.92 Å². The molecular weight excluding hydrogens is 163 g/mol. The predicted molar refractivity (Wildman–Crippen MR) is 56.7 cm³/mol. The molecule has 0 aromatic heterocycles. The van der Waals surface area contributed by atoms with E-state index < -0.39 is 0 Å². The van der Waals surface area contributed by atoms with E-state index >= 15 is 0 Å². The molecule has 0 saturated carbocycles. The van der Waals surface area contributed by atoms with E-state index in [9.17, 15) is 0 Å². The van der Waals surface area contributed by atoms with Gasteiger partial charge in [0.15, 0.2) is 0 Å². The van der Waals surface area contributed by atoms with Gasteiger partial charge in [-0.05, 0) is 35.4 Å². The highest BCUT2D eigenvalue weighted by Crippen LogP contribution is 2.36. The van der Waals surface area contributed by atoms with Gasteiger partial charge in [0.05, 0.1) is 0 Å². The fourth-order valence-electron chi connectivity index (χ4n) is 1.59. The quantitative estimate of drug-likeness (QED) is 0.564. The van der Waals surface area contributed by atoms with E-state index in [1.807, 2.05) is 0 Å². The third-order valence-corrected chi connectivity index (χ3v) is 3.67. The minimum Gasteiger partial charge on any atom is -0.0675 e. The molecular formula is C11H13P. The van der Waals surface area contributed by atoms with Crippen LogP contribution in [-0.2, 0) is 0 Å². The summed E-state index contributed by atoms with van der Waals surface area (Å²) in [6.07, 6.45) is 7.87. The Morgan fingerprint density at radius 3 is 3.08 bits per heavy atom. The van der Waals surface area contributed by atoms with E-state index in [1.165, 1.54) is 25.5 Å². The average molecular weight is 176 g/mol. The Labute approximate surface area is 75.5 Å². The fraction of sp³-hybridized carbons (Fsp3) is 0.364. The molecule has 0 nitrogen and oxygen atoms in total. The van der Waals surface area contributed by atoms with Crippen LogP contribution in [0.5, 0.6) is 0 Å². The number of hydrogen-bond donors (Lipinski definition) is 0. The summed E-state index contributed by atoms with van der Waals surface area (Å²) in [4.78, 5) is 0. The summed E-state index contributed by atoms with van der Waals surface area (Å²) >= 11 is 0. The summed E-state index contributed by atoms with van der Waals surface area (Å²) in [7, 11) is 1.39. The molecule has 1 unspecified atom stereocenters.